The summed E-state index contributed by atoms with van der Waals surface area (Å²) in [6.07, 6.45) is -0.414. The SMILES string of the molecule is OC(COc1ccccc1)C[NH+]1CCOCC1.[Cl-]. The maximum atomic E-state index is 9.88. The van der Waals surface area contributed by atoms with Crippen LogP contribution in [0, 0.1) is 0 Å². The van der Waals surface area contributed by atoms with E-state index in [4.69, 9.17) is 9.47 Å². The van der Waals surface area contributed by atoms with Crippen LogP contribution < -0.4 is 22.0 Å². The fourth-order valence-electron chi connectivity index (χ4n) is 1.97. The van der Waals surface area contributed by atoms with Crippen LogP contribution in [0.1, 0.15) is 0 Å². The van der Waals surface area contributed by atoms with Gasteiger partial charge in [0.1, 0.15) is 38.1 Å². The Bertz CT molecular complexity index is 317. The highest BCUT2D eigenvalue weighted by molar-refractivity contribution is 5.20. The molecule has 2 rings (SSSR count). The normalized spacial score (nSPS) is 17.8. The number of para-hydroxylation sites is 1. The van der Waals surface area contributed by atoms with E-state index in [2.05, 4.69) is 0 Å². The van der Waals surface area contributed by atoms with Crippen molar-refractivity contribution in [3.05, 3.63) is 30.3 Å². The Morgan fingerprint density at radius 1 is 1.22 bits per heavy atom. The third kappa shape index (κ3) is 5.23. The Kier molecular flexibility index (Phi) is 7.05. The first-order chi connectivity index (χ1) is 8.34. The maximum absolute atomic E-state index is 9.88. The van der Waals surface area contributed by atoms with Crippen LogP contribution in [0.5, 0.6) is 5.75 Å². The molecule has 1 saturated heterocycles. The minimum Gasteiger partial charge on any atom is -1.00 e. The van der Waals surface area contributed by atoms with Crippen molar-refractivity contribution in [2.45, 2.75) is 6.10 Å². The Morgan fingerprint density at radius 2 is 1.89 bits per heavy atom. The molecule has 0 spiro atoms. The van der Waals surface area contributed by atoms with Gasteiger partial charge in [-0.2, -0.15) is 0 Å². The van der Waals surface area contributed by atoms with Crippen molar-refractivity contribution in [2.75, 3.05) is 39.5 Å². The average molecular weight is 274 g/mol. The van der Waals surface area contributed by atoms with Crippen LogP contribution >= 0.6 is 0 Å². The molecule has 0 saturated carbocycles. The Labute approximate surface area is 114 Å². The number of morpholine rings is 1. The summed E-state index contributed by atoms with van der Waals surface area (Å²) in [7, 11) is 0. The van der Waals surface area contributed by atoms with Gasteiger partial charge in [-0.1, -0.05) is 18.2 Å². The van der Waals surface area contributed by atoms with Gasteiger partial charge in [-0.3, -0.25) is 0 Å². The summed E-state index contributed by atoms with van der Waals surface area (Å²) in [5.41, 5.74) is 0. The molecule has 1 aliphatic heterocycles. The van der Waals surface area contributed by atoms with Crippen molar-refractivity contribution >= 4 is 0 Å². The van der Waals surface area contributed by atoms with E-state index in [0.29, 0.717) is 6.61 Å². The van der Waals surface area contributed by atoms with Gasteiger partial charge in [0.25, 0.3) is 0 Å². The Morgan fingerprint density at radius 3 is 2.56 bits per heavy atom. The van der Waals surface area contributed by atoms with Crippen molar-refractivity contribution in [3.8, 4) is 5.75 Å². The van der Waals surface area contributed by atoms with Crippen molar-refractivity contribution in [3.63, 3.8) is 0 Å². The molecule has 2 N–H and O–H groups in total. The monoisotopic (exact) mass is 273 g/mol. The van der Waals surface area contributed by atoms with Crippen LogP contribution in [0.2, 0.25) is 0 Å². The van der Waals surface area contributed by atoms with E-state index in [0.717, 1.165) is 38.6 Å². The van der Waals surface area contributed by atoms with E-state index in [1.54, 1.807) is 0 Å². The molecule has 1 aromatic rings. The van der Waals surface area contributed by atoms with E-state index in [1.807, 2.05) is 30.3 Å². The van der Waals surface area contributed by atoms with Gasteiger partial charge in [0.2, 0.25) is 0 Å². The number of benzene rings is 1. The standard InChI is InChI=1S/C13H19NO3.ClH/c15-12(10-14-6-8-16-9-7-14)11-17-13-4-2-1-3-5-13;/h1-5,12,15H,6-11H2;1H. The van der Waals surface area contributed by atoms with Gasteiger partial charge in [0, 0.05) is 0 Å². The summed E-state index contributed by atoms with van der Waals surface area (Å²) in [5, 5.41) is 9.88. The number of halogens is 1. The Balaban J connectivity index is 0.00000162. The van der Waals surface area contributed by atoms with Gasteiger partial charge in [-0.15, -0.1) is 0 Å². The summed E-state index contributed by atoms with van der Waals surface area (Å²) >= 11 is 0. The highest BCUT2D eigenvalue weighted by atomic mass is 35.5. The summed E-state index contributed by atoms with van der Waals surface area (Å²) in [5.74, 6) is 0.809. The number of nitrogens with one attached hydrogen (secondary N) is 1. The molecule has 1 heterocycles. The van der Waals surface area contributed by atoms with Crippen LogP contribution in [-0.2, 0) is 4.74 Å². The first kappa shape index (κ1) is 15.2. The molecule has 1 fully saturated rings. The smallest absolute Gasteiger partial charge is 0.137 e. The van der Waals surface area contributed by atoms with Crippen LogP contribution in [0.15, 0.2) is 30.3 Å². The quantitative estimate of drug-likeness (QED) is 0.582. The lowest BCUT2D eigenvalue weighted by molar-refractivity contribution is -0.911. The topological polar surface area (TPSA) is 43.1 Å². The fourth-order valence-corrected chi connectivity index (χ4v) is 1.97. The first-order valence-corrected chi connectivity index (χ1v) is 6.12. The average Bonchev–Trinajstić information content (AvgIpc) is 2.39. The molecule has 1 aliphatic rings. The molecule has 0 aromatic heterocycles. The molecule has 1 unspecified atom stereocenters. The summed E-state index contributed by atoms with van der Waals surface area (Å²) < 4.78 is 10.8. The molecule has 18 heavy (non-hydrogen) atoms. The minimum absolute atomic E-state index is 0. The molecular formula is C13H20ClNO3. The zero-order valence-corrected chi connectivity index (χ0v) is 11.1. The van der Waals surface area contributed by atoms with Gasteiger partial charge in [-0.25, -0.2) is 0 Å². The lowest BCUT2D eigenvalue weighted by atomic mass is 10.3. The number of rotatable bonds is 5. The number of hydrogen-bond donors (Lipinski definition) is 2. The molecule has 0 radical (unpaired) electrons. The molecular weight excluding hydrogens is 254 g/mol. The predicted octanol–water partition coefficient (Wildman–Crippen LogP) is -3.65. The van der Waals surface area contributed by atoms with E-state index in [-0.39, 0.29) is 12.4 Å². The van der Waals surface area contributed by atoms with Gasteiger partial charge in [0.05, 0.1) is 13.2 Å². The van der Waals surface area contributed by atoms with Crippen LogP contribution in [0.25, 0.3) is 0 Å². The predicted molar refractivity (Wildman–Crippen MR) is 64.3 cm³/mol. The first-order valence-electron chi connectivity index (χ1n) is 6.12. The van der Waals surface area contributed by atoms with E-state index in [9.17, 15) is 5.11 Å². The van der Waals surface area contributed by atoms with Crippen molar-refractivity contribution < 1.29 is 31.9 Å². The third-order valence-electron chi connectivity index (χ3n) is 2.91. The second-order valence-electron chi connectivity index (χ2n) is 4.34. The second kappa shape index (κ2) is 8.32. The largest absolute Gasteiger partial charge is 1.00 e. The molecule has 0 bridgehead atoms. The highest BCUT2D eigenvalue weighted by Crippen LogP contribution is 2.08. The van der Waals surface area contributed by atoms with Gasteiger partial charge in [0.15, 0.2) is 0 Å². The summed E-state index contributed by atoms with van der Waals surface area (Å²) in [6, 6.07) is 9.59. The Hall–Kier alpha value is -0.810. The maximum Gasteiger partial charge on any atom is 0.137 e. The molecule has 4 nitrogen and oxygen atoms in total. The van der Waals surface area contributed by atoms with E-state index in [1.165, 1.54) is 4.90 Å². The van der Waals surface area contributed by atoms with Crippen molar-refractivity contribution in [1.29, 1.82) is 0 Å². The zero-order chi connectivity index (χ0) is 11.9. The van der Waals surface area contributed by atoms with Gasteiger partial charge in [-0.05, 0) is 12.1 Å². The molecule has 0 aliphatic carbocycles. The van der Waals surface area contributed by atoms with Crippen LogP contribution in [0.3, 0.4) is 0 Å². The molecule has 0 amide bonds. The van der Waals surface area contributed by atoms with E-state index < -0.39 is 6.10 Å². The van der Waals surface area contributed by atoms with Crippen molar-refractivity contribution in [1.82, 2.24) is 0 Å². The number of ether oxygens (including phenoxy) is 2. The molecule has 1 aromatic carbocycles. The zero-order valence-electron chi connectivity index (χ0n) is 10.3. The number of hydrogen-bond acceptors (Lipinski definition) is 3. The number of quaternary nitrogens is 1. The highest BCUT2D eigenvalue weighted by Gasteiger charge is 2.18. The lowest BCUT2D eigenvalue weighted by Gasteiger charge is -2.25. The van der Waals surface area contributed by atoms with Crippen molar-refractivity contribution in [2.24, 2.45) is 0 Å². The van der Waals surface area contributed by atoms with Crippen LogP contribution in [0.4, 0.5) is 0 Å². The third-order valence-corrected chi connectivity index (χ3v) is 2.91. The van der Waals surface area contributed by atoms with E-state index >= 15 is 0 Å². The lowest BCUT2D eigenvalue weighted by Crippen LogP contribution is -3.15. The number of aliphatic hydroxyl groups excluding tert-OH is 1. The molecule has 102 valence electrons. The number of aliphatic hydroxyl groups is 1. The van der Waals surface area contributed by atoms with Gasteiger partial charge >= 0.3 is 0 Å². The second-order valence-corrected chi connectivity index (χ2v) is 4.34. The van der Waals surface area contributed by atoms with Crippen LogP contribution in [-0.4, -0.2) is 50.7 Å². The molecule has 1 atom stereocenters. The molecule has 5 heteroatoms. The van der Waals surface area contributed by atoms with Gasteiger partial charge < -0.3 is 31.9 Å². The fraction of sp³-hybridized carbons (Fsp3) is 0.538. The minimum atomic E-state index is -0.414. The summed E-state index contributed by atoms with van der Waals surface area (Å²) in [4.78, 5) is 1.39. The summed E-state index contributed by atoms with van der Waals surface area (Å²) in [6.45, 7) is 4.62.